The number of aromatic amines is 1. The summed E-state index contributed by atoms with van der Waals surface area (Å²) in [6.07, 6.45) is 0.458. The lowest BCUT2D eigenvalue weighted by atomic mass is 10.0. The van der Waals surface area contributed by atoms with Crippen molar-refractivity contribution in [3.8, 4) is 0 Å². The Morgan fingerprint density at radius 1 is 1.43 bits per heavy atom. The van der Waals surface area contributed by atoms with Crippen LogP contribution in [0.4, 0.5) is 0 Å². The minimum Gasteiger partial charge on any atom is -0.377 e. The maximum absolute atomic E-state index is 12.6. The van der Waals surface area contributed by atoms with E-state index in [2.05, 4.69) is 30.1 Å². The van der Waals surface area contributed by atoms with E-state index in [1.54, 1.807) is 0 Å². The SMILES string of the molecule is Cc1ccc2[nH]c(C)c(CC(=O)N3CCOC[C@H]3C)c2c1. The van der Waals surface area contributed by atoms with E-state index in [9.17, 15) is 4.79 Å². The van der Waals surface area contributed by atoms with Crippen LogP contribution in [0.5, 0.6) is 0 Å². The molecule has 1 aliphatic rings. The fourth-order valence-electron chi connectivity index (χ4n) is 3.07. The standard InChI is InChI=1S/C17H22N2O2/c1-11-4-5-16-15(8-11)14(13(3)18-16)9-17(20)19-6-7-21-10-12(19)2/h4-5,8,12,18H,6-7,9-10H2,1-3H3/t12-/m1/s1. The van der Waals surface area contributed by atoms with Gasteiger partial charge in [-0.2, -0.15) is 0 Å². The van der Waals surface area contributed by atoms with Crippen LogP contribution in [0.1, 0.15) is 23.7 Å². The van der Waals surface area contributed by atoms with Gasteiger partial charge in [0.1, 0.15) is 0 Å². The minimum absolute atomic E-state index is 0.165. The number of carbonyl (C=O) groups excluding carboxylic acids is 1. The summed E-state index contributed by atoms with van der Waals surface area (Å²) < 4.78 is 5.41. The molecule has 1 N–H and O–H groups in total. The zero-order valence-corrected chi connectivity index (χ0v) is 12.9. The van der Waals surface area contributed by atoms with Crippen molar-refractivity contribution in [2.24, 2.45) is 0 Å². The number of hydrogen-bond donors (Lipinski definition) is 1. The van der Waals surface area contributed by atoms with Gasteiger partial charge in [-0.05, 0) is 38.5 Å². The molecule has 0 saturated carbocycles. The molecule has 3 rings (SSSR count). The van der Waals surface area contributed by atoms with E-state index in [0.717, 1.165) is 16.8 Å². The Morgan fingerprint density at radius 3 is 3.00 bits per heavy atom. The van der Waals surface area contributed by atoms with Gasteiger partial charge in [0.2, 0.25) is 5.91 Å². The molecule has 112 valence electrons. The zero-order valence-electron chi connectivity index (χ0n) is 12.9. The van der Waals surface area contributed by atoms with E-state index in [1.165, 1.54) is 10.9 Å². The summed E-state index contributed by atoms with van der Waals surface area (Å²) in [5.74, 6) is 0.191. The van der Waals surface area contributed by atoms with Crippen molar-refractivity contribution in [2.45, 2.75) is 33.2 Å². The Hall–Kier alpha value is -1.81. The largest absolute Gasteiger partial charge is 0.377 e. The van der Waals surface area contributed by atoms with E-state index in [-0.39, 0.29) is 11.9 Å². The average Bonchev–Trinajstić information content (AvgIpc) is 2.75. The number of carbonyl (C=O) groups is 1. The Labute approximate surface area is 125 Å². The van der Waals surface area contributed by atoms with Crippen molar-refractivity contribution in [1.29, 1.82) is 0 Å². The summed E-state index contributed by atoms with van der Waals surface area (Å²) in [5.41, 5.74) is 4.54. The molecule has 4 nitrogen and oxygen atoms in total. The first-order chi connectivity index (χ1) is 10.1. The lowest BCUT2D eigenvalue weighted by Crippen LogP contribution is -2.47. The van der Waals surface area contributed by atoms with Crippen LogP contribution < -0.4 is 0 Å². The Kier molecular flexibility index (Phi) is 3.72. The number of aryl methyl sites for hydroxylation is 2. The van der Waals surface area contributed by atoms with Crippen molar-refractivity contribution in [3.05, 3.63) is 35.0 Å². The second-order valence-electron chi connectivity index (χ2n) is 5.97. The van der Waals surface area contributed by atoms with Crippen molar-refractivity contribution in [1.82, 2.24) is 9.88 Å². The fourth-order valence-corrected chi connectivity index (χ4v) is 3.07. The van der Waals surface area contributed by atoms with Crippen molar-refractivity contribution in [2.75, 3.05) is 19.8 Å². The molecule has 21 heavy (non-hydrogen) atoms. The molecule has 1 aromatic carbocycles. The van der Waals surface area contributed by atoms with Gasteiger partial charge in [0, 0.05) is 23.1 Å². The van der Waals surface area contributed by atoms with Gasteiger partial charge in [-0.25, -0.2) is 0 Å². The molecular weight excluding hydrogens is 264 g/mol. The normalized spacial score (nSPS) is 19.2. The molecule has 4 heteroatoms. The molecule has 0 bridgehead atoms. The lowest BCUT2D eigenvalue weighted by Gasteiger charge is -2.33. The monoisotopic (exact) mass is 286 g/mol. The Balaban J connectivity index is 1.88. The van der Waals surface area contributed by atoms with Gasteiger partial charge in [0.05, 0.1) is 25.7 Å². The fraction of sp³-hybridized carbons (Fsp3) is 0.471. The first-order valence-corrected chi connectivity index (χ1v) is 7.51. The molecule has 1 saturated heterocycles. The number of morpholine rings is 1. The van der Waals surface area contributed by atoms with Gasteiger partial charge in [0.25, 0.3) is 0 Å². The predicted octanol–water partition coefficient (Wildman–Crippen LogP) is 2.57. The van der Waals surface area contributed by atoms with Crippen LogP contribution in [-0.2, 0) is 16.0 Å². The minimum atomic E-state index is 0.165. The van der Waals surface area contributed by atoms with Crippen LogP contribution in [0.25, 0.3) is 10.9 Å². The number of fused-ring (bicyclic) bond motifs is 1. The summed E-state index contributed by atoms with van der Waals surface area (Å²) >= 11 is 0. The third kappa shape index (κ3) is 2.68. The second kappa shape index (κ2) is 5.53. The molecule has 1 aromatic heterocycles. The molecule has 0 radical (unpaired) electrons. The number of H-pyrrole nitrogens is 1. The van der Waals surface area contributed by atoms with Gasteiger partial charge in [-0.15, -0.1) is 0 Å². The van der Waals surface area contributed by atoms with Gasteiger partial charge in [-0.3, -0.25) is 4.79 Å². The highest BCUT2D eigenvalue weighted by atomic mass is 16.5. The maximum Gasteiger partial charge on any atom is 0.227 e. The molecule has 1 amide bonds. The average molecular weight is 286 g/mol. The highest BCUT2D eigenvalue weighted by molar-refractivity contribution is 5.90. The van der Waals surface area contributed by atoms with E-state index in [0.29, 0.717) is 26.2 Å². The van der Waals surface area contributed by atoms with Gasteiger partial charge in [-0.1, -0.05) is 11.6 Å². The number of rotatable bonds is 2. The van der Waals surface area contributed by atoms with Crippen LogP contribution in [0.2, 0.25) is 0 Å². The number of aromatic nitrogens is 1. The van der Waals surface area contributed by atoms with Gasteiger partial charge in [0.15, 0.2) is 0 Å². The summed E-state index contributed by atoms with van der Waals surface area (Å²) in [6, 6.07) is 6.50. The molecule has 0 unspecified atom stereocenters. The number of amides is 1. The predicted molar refractivity (Wildman–Crippen MR) is 83.5 cm³/mol. The third-order valence-corrected chi connectivity index (χ3v) is 4.29. The van der Waals surface area contributed by atoms with E-state index in [4.69, 9.17) is 4.74 Å². The van der Waals surface area contributed by atoms with E-state index >= 15 is 0 Å². The summed E-state index contributed by atoms with van der Waals surface area (Å²) in [6.45, 7) is 8.14. The molecule has 1 fully saturated rings. The number of hydrogen-bond acceptors (Lipinski definition) is 2. The first kappa shape index (κ1) is 14.1. The van der Waals surface area contributed by atoms with E-state index in [1.807, 2.05) is 18.7 Å². The summed E-state index contributed by atoms with van der Waals surface area (Å²) in [7, 11) is 0. The number of benzene rings is 1. The molecule has 2 aromatic rings. The van der Waals surface area contributed by atoms with Crippen molar-refractivity contribution < 1.29 is 9.53 Å². The zero-order chi connectivity index (χ0) is 15.0. The van der Waals surface area contributed by atoms with Crippen molar-refractivity contribution >= 4 is 16.8 Å². The van der Waals surface area contributed by atoms with Gasteiger partial charge < -0.3 is 14.6 Å². The second-order valence-corrected chi connectivity index (χ2v) is 5.97. The highest BCUT2D eigenvalue weighted by Gasteiger charge is 2.25. The Morgan fingerprint density at radius 2 is 2.24 bits per heavy atom. The molecule has 1 aliphatic heterocycles. The summed E-state index contributed by atoms with van der Waals surface area (Å²) in [5, 5.41) is 1.17. The van der Waals surface area contributed by atoms with Crippen LogP contribution in [-0.4, -0.2) is 41.6 Å². The molecule has 1 atom stereocenters. The van der Waals surface area contributed by atoms with Crippen molar-refractivity contribution in [3.63, 3.8) is 0 Å². The lowest BCUT2D eigenvalue weighted by molar-refractivity contribution is -0.138. The molecule has 0 aliphatic carbocycles. The quantitative estimate of drug-likeness (QED) is 0.922. The number of nitrogens with zero attached hydrogens (tertiary/aromatic N) is 1. The van der Waals surface area contributed by atoms with Crippen LogP contribution in [0.15, 0.2) is 18.2 Å². The molecular formula is C17H22N2O2. The smallest absolute Gasteiger partial charge is 0.227 e. The number of nitrogens with one attached hydrogen (secondary N) is 1. The van der Waals surface area contributed by atoms with E-state index < -0.39 is 0 Å². The molecule has 2 heterocycles. The number of ether oxygens (including phenoxy) is 1. The highest BCUT2D eigenvalue weighted by Crippen LogP contribution is 2.24. The first-order valence-electron chi connectivity index (χ1n) is 7.51. The third-order valence-electron chi connectivity index (χ3n) is 4.29. The maximum atomic E-state index is 12.6. The van der Waals surface area contributed by atoms with Crippen LogP contribution in [0, 0.1) is 13.8 Å². The topological polar surface area (TPSA) is 45.3 Å². The molecule has 0 spiro atoms. The Bertz CT molecular complexity index is 675. The van der Waals surface area contributed by atoms with Gasteiger partial charge >= 0.3 is 0 Å². The van der Waals surface area contributed by atoms with Crippen LogP contribution >= 0.6 is 0 Å². The summed E-state index contributed by atoms with van der Waals surface area (Å²) in [4.78, 5) is 17.9. The van der Waals surface area contributed by atoms with Crippen LogP contribution in [0.3, 0.4) is 0 Å².